The van der Waals surface area contributed by atoms with Gasteiger partial charge in [0.1, 0.15) is 5.69 Å². The van der Waals surface area contributed by atoms with Crippen molar-refractivity contribution in [2.75, 3.05) is 19.7 Å². The molecule has 2 N–H and O–H groups in total. The lowest BCUT2D eigenvalue weighted by Gasteiger charge is -2.30. The number of rotatable bonds is 3. The van der Waals surface area contributed by atoms with E-state index in [1.807, 2.05) is 23.1 Å². The van der Waals surface area contributed by atoms with Gasteiger partial charge in [0.2, 0.25) is 0 Å². The Morgan fingerprint density at radius 3 is 3.10 bits per heavy atom. The van der Waals surface area contributed by atoms with E-state index in [4.69, 9.17) is 9.84 Å². The number of carboxylic acids is 1. The third-order valence-corrected chi connectivity index (χ3v) is 3.47. The number of hydrogen-bond acceptors (Lipinski definition) is 5. The average molecular weight is 289 g/mol. The van der Waals surface area contributed by atoms with Crippen LogP contribution >= 0.6 is 0 Å². The summed E-state index contributed by atoms with van der Waals surface area (Å²) in [6, 6.07) is 7.31. The summed E-state index contributed by atoms with van der Waals surface area (Å²) < 4.78 is 5.16. The third kappa shape index (κ3) is 2.93. The SMILES string of the molecule is O=C(O)C1CN(Cc2nc3ccccc3[nH]c2=O)CCO1. The number of morpholine rings is 1. The molecule has 1 aliphatic heterocycles. The largest absolute Gasteiger partial charge is 0.479 e. The molecule has 110 valence electrons. The summed E-state index contributed by atoms with van der Waals surface area (Å²) >= 11 is 0. The van der Waals surface area contributed by atoms with E-state index >= 15 is 0 Å². The molecule has 0 amide bonds. The zero-order valence-corrected chi connectivity index (χ0v) is 11.3. The van der Waals surface area contributed by atoms with Crippen LogP contribution in [0.5, 0.6) is 0 Å². The molecule has 1 fully saturated rings. The van der Waals surface area contributed by atoms with Crippen molar-refractivity contribution in [1.29, 1.82) is 0 Å². The fraction of sp³-hybridized carbons (Fsp3) is 0.357. The van der Waals surface area contributed by atoms with Crippen LogP contribution in [0.3, 0.4) is 0 Å². The Balaban J connectivity index is 1.82. The van der Waals surface area contributed by atoms with Gasteiger partial charge in [0.05, 0.1) is 17.6 Å². The Labute approximate surface area is 120 Å². The highest BCUT2D eigenvalue weighted by Gasteiger charge is 2.26. The summed E-state index contributed by atoms with van der Waals surface area (Å²) in [6.07, 6.45) is -0.849. The molecular formula is C14H15N3O4. The maximum absolute atomic E-state index is 12.0. The summed E-state index contributed by atoms with van der Waals surface area (Å²) in [4.78, 5) is 32.0. The second-order valence-corrected chi connectivity index (χ2v) is 4.96. The lowest BCUT2D eigenvalue weighted by molar-refractivity contribution is -0.156. The van der Waals surface area contributed by atoms with Gasteiger partial charge in [0.25, 0.3) is 5.56 Å². The summed E-state index contributed by atoms with van der Waals surface area (Å²) in [6.45, 7) is 1.48. The van der Waals surface area contributed by atoms with Crippen molar-refractivity contribution >= 4 is 17.0 Å². The molecule has 0 aliphatic carbocycles. The number of fused-ring (bicyclic) bond motifs is 1. The molecule has 0 radical (unpaired) electrons. The molecule has 2 heterocycles. The molecular weight excluding hydrogens is 274 g/mol. The maximum Gasteiger partial charge on any atom is 0.334 e. The molecule has 0 bridgehead atoms. The van der Waals surface area contributed by atoms with Gasteiger partial charge >= 0.3 is 5.97 Å². The van der Waals surface area contributed by atoms with Crippen molar-refractivity contribution in [1.82, 2.24) is 14.9 Å². The second kappa shape index (κ2) is 5.63. The van der Waals surface area contributed by atoms with Crippen molar-refractivity contribution in [2.45, 2.75) is 12.6 Å². The number of nitrogens with zero attached hydrogens (tertiary/aromatic N) is 2. The maximum atomic E-state index is 12.0. The molecule has 7 heteroatoms. The van der Waals surface area contributed by atoms with E-state index in [1.165, 1.54) is 0 Å². The number of aliphatic carboxylic acids is 1. The number of nitrogens with one attached hydrogen (secondary N) is 1. The Morgan fingerprint density at radius 1 is 1.48 bits per heavy atom. The predicted octanol–water partition coefficient (Wildman–Crippen LogP) is 0.208. The van der Waals surface area contributed by atoms with Crippen LogP contribution in [0.2, 0.25) is 0 Å². The molecule has 1 unspecified atom stereocenters. The number of benzene rings is 1. The number of carbonyl (C=O) groups is 1. The summed E-state index contributed by atoms with van der Waals surface area (Å²) in [5.74, 6) is -0.986. The molecule has 0 spiro atoms. The summed E-state index contributed by atoms with van der Waals surface area (Å²) in [5, 5.41) is 8.98. The fourth-order valence-electron chi connectivity index (χ4n) is 2.38. The van der Waals surface area contributed by atoms with Crippen LogP contribution in [0.1, 0.15) is 5.69 Å². The zero-order chi connectivity index (χ0) is 14.8. The molecule has 1 aromatic carbocycles. The molecule has 3 rings (SSSR count). The van der Waals surface area contributed by atoms with Crippen LogP contribution in [-0.2, 0) is 16.1 Å². The number of aromatic nitrogens is 2. The van der Waals surface area contributed by atoms with Crippen LogP contribution in [0.4, 0.5) is 0 Å². The molecule has 0 saturated carbocycles. The first-order valence-corrected chi connectivity index (χ1v) is 6.68. The molecule has 21 heavy (non-hydrogen) atoms. The van der Waals surface area contributed by atoms with Crippen molar-refractivity contribution in [3.05, 3.63) is 40.3 Å². The lowest BCUT2D eigenvalue weighted by atomic mass is 10.2. The van der Waals surface area contributed by atoms with Gasteiger partial charge in [-0.1, -0.05) is 12.1 Å². The minimum Gasteiger partial charge on any atom is -0.479 e. The van der Waals surface area contributed by atoms with E-state index in [0.29, 0.717) is 30.9 Å². The van der Waals surface area contributed by atoms with E-state index in [9.17, 15) is 9.59 Å². The Morgan fingerprint density at radius 2 is 2.29 bits per heavy atom. The van der Waals surface area contributed by atoms with Gasteiger partial charge in [-0.2, -0.15) is 0 Å². The van der Waals surface area contributed by atoms with E-state index in [0.717, 1.165) is 5.52 Å². The number of hydrogen-bond donors (Lipinski definition) is 2. The van der Waals surface area contributed by atoms with Crippen molar-refractivity contribution in [3.63, 3.8) is 0 Å². The quantitative estimate of drug-likeness (QED) is 0.838. The van der Waals surface area contributed by atoms with E-state index in [-0.39, 0.29) is 12.1 Å². The second-order valence-electron chi connectivity index (χ2n) is 4.96. The van der Waals surface area contributed by atoms with Crippen LogP contribution in [0.15, 0.2) is 29.1 Å². The van der Waals surface area contributed by atoms with Crippen LogP contribution in [0, 0.1) is 0 Å². The molecule has 7 nitrogen and oxygen atoms in total. The standard InChI is InChI=1S/C14H15N3O4/c18-13-11(15-9-3-1-2-4-10(9)16-13)7-17-5-6-21-12(8-17)14(19)20/h1-4,12H,5-8H2,(H,16,18)(H,19,20). The van der Waals surface area contributed by atoms with Gasteiger partial charge in [-0.05, 0) is 12.1 Å². The number of para-hydroxylation sites is 2. The smallest absolute Gasteiger partial charge is 0.334 e. The van der Waals surface area contributed by atoms with Crippen LogP contribution < -0.4 is 5.56 Å². The van der Waals surface area contributed by atoms with E-state index in [1.54, 1.807) is 6.07 Å². The molecule has 2 aromatic rings. The predicted molar refractivity (Wildman–Crippen MR) is 75.0 cm³/mol. The average Bonchev–Trinajstić information content (AvgIpc) is 2.48. The highest BCUT2D eigenvalue weighted by molar-refractivity contribution is 5.73. The minimum atomic E-state index is -0.986. The molecule has 1 saturated heterocycles. The first-order valence-electron chi connectivity index (χ1n) is 6.68. The van der Waals surface area contributed by atoms with Gasteiger partial charge in [0.15, 0.2) is 6.10 Å². The highest BCUT2D eigenvalue weighted by Crippen LogP contribution is 2.10. The van der Waals surface area contributed by atoms with Crippen LogP contribution in [0.25, 0.3) is 11.0 Å². The Kier molecular flexibility index (Phi) is 3.68. The first kappa shape index (κ1) is 13.7. The number of carboxylic acid groups (broad SMARTS) is 1. The highest BCUT2D eigenvalue weighted by atomic mass is 16.5. The van der Waals surface area contributed by atoms with Gasteiger partial charge < -0.3 is 14.8 Å². The fourth-order valence-corrected chi connectivity index (χ4v) is 2.38. The normalized spacial score (nSPS) is 19.7. The Bertz CT molecular complexity index is 727. The molecule has 1 aromatic heterocycles. The monoisotopic (exact) mass is 289 g/mol. The number of aromatic amines is 1. The van der Waals surface area contributed by atoms with Crippen molar-refractivity contribution in [2.24, 2.45) is 0 Å². The van der Waals surface area contributed by atoms with Gasteiger partial charge in [-0.3, -0.25) is 9.69 Å². The number of ether oxygens (including phenoxy) is 1. The van der Waals surface area contributed by atoms with Crippen LogP contribution in [-0.4, -0.2) is 51.7 Å². The van der Waals surface area contributed by atoms with Gasteiger partial charge in [-0.25, -0.2) is 9.78 Å². The molecule has 1 aliphatic rings. The molecule has 1 atom stereocenters. The van der Waals surface area contributed by atoms with Gasteiger partial charge in [-0.15, -0.1) is 0 Å². The minimum absolute atomic E-state index is 0.243. The zero-order valence-electron chi connectivity index (χ0n) is 11.3. The van der Waals surface area contributed by atoms with Gasteiger partial charge in [0, 0.05) is 19.6 Å². The summed E-state index contributed by atoms with van der Waals surface area (Å²) in [7, 11) is 0. The topological polar surface area (TPSA) is 95.5 Å². The van der Waals surface area contributed by atoms with Crippen molar-refractivity contribution in [3.8, 4) is 0 Å². The first-order chi connectivity index (χ1) is 10.1. The number of H-pyrrole nitrogens is 1. The lowest BCUT2D eigenvalue weighted by Crippen LogP contribution is -2.46. The summed E-state index contributed by atoms with van der Waals surface area (Å²) in [5.41, 5.74) is 1.55. The third-order valence-electron chi connectivity index (χ3n) is 3.47. The Hall–Kier alpha value is -2.25. The van der Waals surface area contributed by atoms with Crippen molar-refractivity contribution < 1.29 is 14.6 Å². The van der Waals surface area contributed by atoms with E-state index in [2.05, 4.69) is 9.97 Å². The van der Waals surface area contributed by atoms with E-state index < -0.39 is 12.1 Å².